The molecule has 0 N–H and O–H groups in total. The third-order valence-corrected chi connectivity index (χ3v) is 1.80. The van der Waals surface area contributed by atoms with Crippen molar-refractivity contribution >= 4 is 16.5 Å². The van der Waals surface area contributed by atoms with Gasteiger partial charge in [-0.25, -0.2) is 0 Å². The van der Waals surface area contributed by atoms with Crippen molar-refractivity contribution in [1.29, 1.82) is 0 Å². The van der Waals surface area contributed by atoms with E-state index in [2.05, 4.69) is 37.3 Å². The van der Waals surface area contributed by atoms with Crippen LogP contribution in [0.3, 0.4) is 0 Å². The molecule has 0 amide bonds. The second-order valence-electron chi connectivity index (χ2n) is 1.62. The predicted molar refractivity (Wildman–Crippen MR) is 29.8 cm³/mol. The van der Waals surface area contributed by atoms with E-state index in [1.54, 1.807) is 0 Å². The monoisotopic (exact) mass is 143 g/mol. The second-order valence-corrected chi connectivity index (χ2v) is 3.20. The van der Waals surface area contributed by atoms with Crippen LogP contribution in [-0.4, -0.2) is 16.5 Å². The topological polar surface area (TPSA) is 0 Å². The zero-order valence-electron chi connectivity index (χ0n) is 4.50. The minimum atomic E-state index is 1.43. The van der Waals surface area contributed by atoms with Crippen LogP contribution in [0.2, 0.25) is 0 Å². The van der Waals surface area contributed by atoms with E-state index in [0.29, 0.717) is 0 Å². The Morgan fingerprint density at radius 1 is 1.17 bits per heavy atom. The Kier molecular flexibility index (Phi) is 2.57. The fourth-order valence-corrected chi connectivity index (χ4v) is 0. The average Bonchev–Trinajstić information content (AvgIpc) is 1.36. The van der Waals surface area contributed by atoms with Crippen molar-refractivity contribution in [2.24, 2.45) is 0 Å². The summed E-state index contributed by atoms with van der Waals surface area (Å²) in [5.74, 6) is 0. The zero-order valence-corrected chi connectivity index (χ0v) is 6.60. The summed E-state index contributed by atoms with van der Waals surface area (Å²) in [6, 6.07) is 0. The van der Waals surface area contributed by atoms with Gasteiger partial charge in [0.15, 0.2) is 0 Å². The Balaban J connectivity index is 3.68. The van der Waals surface area contributed by atoms with Gasteiger partial charge in [-0.2, -0.15) is 0 Å². The molecule has 33 valence electrons. The van der Waals surface area contributed by atoms with E-state index in [4.69, 9.17) is 0 Å². The van der Waals surface area contributed by atoms with Crippen LogP contribution in [0.5, 0.6) is 0 Å². The maximum absolute atomic E-state index is 2.12. The van der Waals surface area contributed by atoms with Crippen molar-refractivity contribution < 1.29 is 0 Å². The quantitative estimate of drug-likeness (QED) is 0.449. The molecule has 0 aliphatic heterocycles. The molecule has 0 heterocycles. The SMILES string of the molecule is CC(C)=[C](C)[Ge]. The third-order valence-electron chi connectivity index (χ3n) is 0.750. The van der Waals surface area contributed by atoms with Gasteiger partial charge in [0.25, 0.3) is 0 Å². The van der Waals surface area contributed by atoms with Gasteiger partial charge < -0.3 is 0 Å². The minimum absolute atomic E-state index is 1.43. The van der Waals surface area contributed by atoms with E-state index in [1.807, 2.05) is 0 Å². The van der Waals surface area contributed by atoms with Gasteiger partial charge in [-0.05, 0) is 0 Å². The first-order valence-electron chi connectivity index (χ1n) is 2.00. The molecule has 0 aromatic carbocycles. The van der Waals surface area contributed by atoms with Crippen molar-refractivity contribution in [3.05, 3.63) is 9.98 Å². The Labute approximate surface area is 47.9 Å². The van der Waals surface area contributed by atoms with Gasteiger partial charge in [0, 0.05) is 0 Å². The molecule has 0 nitrogen and oxygen atoms in total. The van der Waals surface area contributed by atoms with Crippen LogP contribution in [0.4, 0.5) is 0 Å². The zero-order chi connectivity index (χ0) is 5.15. The summed E-state index contributed by atoms with van der Waals surface area (Å²) in [6.45, 7) is 6.36. The fraction of sp³-hybridized carbons (Fsp3) is 0.600. The Morgan fingerprint density at radius 3 is 1.33 bits per heavy atom. The predicted octanol–water partition coefficient (Wildman–Crippen LogP) is 1.47. The molecule has 0 aromatic heterocycles. The summed E-state index contributed by atoms with van der Waals surface area (Å²) in [5.41, 5.74) is 1.43. The molecular weight excluding hydrogens is 133 g/mol. The van der Waals surface area contributed by atoms with Crippen molar-refractivity contribution in [3.63, 3.8) is 0 Å². The van der Waals surface area contributed by atoms with Gasteiger partial charge in [0.05, 0.1) is 0 Å². The molecule has 6 heavy (non-hydrogen) atoms. The van der Waals surface area contributed by atoms with E-state index in [0.717, 1.165) is 0 Å². The fourth-order valence-electron chi connectivity index (χ4n) is 0. The molecule has 3 radical (unpaired) electrons. The van der Waals surface area contributed by atoms with Crippen molar-refractivity contribution in [1.82, 2.24) is 0 Å². The van der Waals surface area contributed by atoms with Gasteiger partial charge in [-0.15, -0.1) is 0 Å². The van der Waals surface area contributed by atoms with Crippen LogP contribution >= 0.6 is 0 Å². The molecule has 1 heteroatoms. The van der Waals surface area contributed by atoms with Crippen LogP contribution in [0.25, 0.3) is 0 Å². The summed E-state index contributed by atoms with van der Waals surface area (Å²) in [5, 5.41) is 0. The molecule has 0 aliphatic rings. The van der Waals surface area contributed by atoms with E-state index < -0.39 is 0 Å². The molecule has 0 bridgehead atoms. The van der Waals surface area contributed by atoms with E-state index in [-0.39, 0.29) is 0 Å². The Hall–Kier alpha value is 0.283. The molecule has 0 unspecified atom stereocenters. The van der Waals surface area contributed by atoms with E-state index in [1.165, 1.54) is 9.98 Å². The third kappa shape index (κ3) is 2.52. The van der Waals surface area contributed by atoms with Gasteiger partial charge in [0.2, 0.25) is 0 Å². The molecule has 0 spiro atoms. The van der Waals surface area contributed by atoms with Gasteiger partial charge >= 0.3 is 47.3 Å². The van der Waals surface area contributed by atoms with E-state index in [9.17, 15) is 0 Å². The number of allylic oxidation sites excluding steroid dienone is 2. The van der Waals surface area contributed by atoms with Crippen molar-refractivity contribution in [3.8, 4) is 0 Å². The van der Waals surface area contributed by atoms with Gasteiger partial charge in [0.1, 0.15) is 0 Å². The van der Waals surface area contributed by atoms with E-state index >= 15 is 0 Å². The molecule has 0 rings (SSSR count). The van der Waals surface area contributed by atoms with Crippen LogP contribution in [0.1, 0.15) is 20.8 Å². The normalized spacial score (nSPS) is 8.00. The summed E-state index contributed by atoms with van der Waals surface area (Å²) in [4.78, 5) is 0. The van der Waals surface area contributed by atoms with Crippen LogP contribution in [-0.2, 0) is 0 Å². The van der Waals surface area contributed by atoms with Gasteiger partial charge in [-0.3, -0.25) is 0 Å². The standard InChI is InChI=1S/C5H9Ge/c1-4(2)5(3)6/h1-3H3. The number of hydrogen-bond donors (Lipinski definition) is 0. The van der Waals surface area contributed by atoms with Crippen molar-refractivity contribution in [2.45, 2.75) is 20.8 Å². The average molecular weight is 142 g/mol. The molecule has 0 saturated heterocycles. The number of hydrogen-bond acceptors (Lipinski definition) is 0. The van der Waals surface area contributed by atoms with Crippen LogP contribution in [0, 0.1) is 0 Å². The van der Waals surface area contributed by atoms with Crippen LogP contribution < -0.4 is 0 Å². The summed E-state index contributed by atoms with van der Waals surface area (Å²) in [6.07, 6.45) is 0. The molecule has 0 atom stereocenters. The molecule has 0 fully saturated rings. The molecule has 0 saturated carbocycles. The molecular formula is C5H9Ge. The molecule has 0 aliphatic carbocycles. The Morgan fingerprint density at radius 2 is 1.33 bits per heavy atom. The van der Waals surface area contributed by atoms with Gasteiger partial charge in [-0.1, -0.05) is 0 Å². The van der Waals surface area contributed by atoms with Crippen molar-refractivity contribution in [2.75, 3.05) is 0 Å². The first-order chi connectivity index (χ1) is 2.64. The Bertz CT molecular complexity index is 54.0. The number of rotatable bonds is 0. The summed E-state index contributed by atoms with van der Waals surface area (Å²) in [7, 11) is 0. The first kappa shape index (κ1) is 6.28. The molecule has 0 aromatic rings. The van der Waals surface area contributed by atoms with Crippen LogP contribution in [0.15, 0.2) is 9.98 Å². The summed E-state index contributed by atoms with van der Waals surface area (Å²) < 4.78 is 1.43. The second kappa shape index (κ2) is 2.45. The maximum atomic E-state index is 2.12. The first-order valence-corrected chi connectivity index (χ1v) is 3.05. The summed E-state index contributed by atoms with van der Waals surface area (Å²) >= 11 is 2.12.